The number of amides is 1. The quantitative estimate of drug-likeness (QED) is 0.895. The molecule has 116 valence electrons. The number of likely N-dealkylation sites (N-methyl/N-ethyl adjacent to an activating group) is 1. The lowest BCUT2D eigenvalue weighted by atomic mass is 9.91. The van der Waals surface area contributed by atoms with Crippen LogP contribution in [-0.2, 0) is 4.79 Å². The van der Waals surface area contributed by atoms with Crippen LogP contribution in [0.25, 0.3) is 0 Å². The molecule has 0 bridgehead atoms. The summed E-state index contributed by atoms with van der Waals surface area (Å²) in [5.74, 6) is -2.10. The number of carbonyl (C=O) groups is 1. The fourth-order valence-electron chi connectivity index (χ4n) is 2.75. The van der Waals surface area contributed by atoms with Crippen molar-refractivity contribution in [2.75, 3.05) is 18.9 Å². The highest BCUT2D eigenvalue weighted by Crippen LogP contribution is 2.22. The molecule has 6 heteroatoms. The Morgan fingerprint density at radius 1 is 1.33 bits per heavy atom. The van der Waals surface area contributed by atoms with Gasteiger partial charge in [-0.05, 0) is 32.0 Å². The Kier molecular flexibility index (Phi) is 5.25. The first kappa shape index (κ1) is 15.9. The van der Waals surface area contributed by atoms with Gasteiger partial charge in [0.25, 0.3) is 0 Å². The summed E-state index contributed by atoms with van der Waals surface area (Å²) in [6.45, 7) is -0.0184. The van der Waals surface area contributed by atoms with Gasteiger partial charge in [0, 0.05) is 6.04 Å². The van der Waals surface area contributed by atoms with E-state index in [1.165, 1.54) is 6.07 Å². The molecule has 0 spiro atoms. The molecule has 1 aromatic rings. The van der Waals surface area contributed by atoms with Crippen LogP contribution in [0.15, 0.2) is 18.2 Å². The largest absolute Gasteiger partial charge is 0.391 e. The maximum Gasteiger partial charge on any atom is 0.238 e. The minimum atomic E-state index is -0.802. The summed E-state index contributed by atoms with van der Waals surface area (Å²) in [6, 6.07) is 3.33. The van der Waals surface area contributed by atoms with Crippen LogP contribution in [0.2, 0.25) is 0 Å². The van der Waals surface area contributed by atoms with Crippen LogP contribution in [0.4, 0.5) is 14.5 Å². The first-order chi connectivity index (χ1) is 9.99. The molecule has 1 aliphatic rings. The summed E-state index contributed by atoms with van der Waals surface area (Å²) in [5.41, 5.74) is -0.430. The zero-order valence-corrected chi connectivity index (χ0v) is 12.0. The van der Waals surface area contributed by atoms with E-state index in [0.717, 1.165) is 37.8 Å². The Labute approximate surface area is 122 Å². The molecule has 1 aliphatic carbocycles. The number of hydrogen-bond acceptors (Lipinski definition) is 3. The molecule has 1 amide bonds. The number of rotatable bonds is 4. The van der Waals surface area contributed by atoms with Crippen LogP contribution >= 0.6 is 0 Å². The van der Waals surface area contributed by atoms with Crippen molar-refractivity contribution in [3.63, 3.8) is 0 Å². The van der Waals surface area contributed by atoms with Crippen LogP contribution in [0, 0.1) is 11.6 Å². The average molecular weight is 298 g/mol. The molecule has 0 aliphatic heterocycles. The zero-order valence-electron chi connectivity index (χ0n) is 12.0. The lowest BCUT2D eigenvalue weighted by Gasteiger charge is -2.34. The second-order valence-corrected chi connectivity index (χ2v) is 5.48. The summed E-state index contributed by atoms with van der Waals surface area (Å²) in [5, 5.41) is 12.2. The minimum absolute atomic E-state index is 0.0184. The molecular weight excluding hydrogens is 278 g/mol. The standard InChI is InChI=1S/C15H20F2N2O2/c1-19(12-7-2-3-8-13(12)20)9-14(21)18-15-10(16)5-4-6-11(15)17/h4-6,12-13,20H,2-3,7-9H2,1H3,(H,18,21). The fraction of sp³-hybridized carbons (Fsp3) is 0.533. The van der Waals surface area contributed by atoms with Crippen molar-refractivity contribution >= 4 is 11.6 Å². The number of nitrogens with one attached hydrogen (secondary N) is 1. The van der Waals surface area contributed by atoms with Gasteiger partial charge >= 0.3 is 0 Å². The third-order valence-corrected chi connectivity index (χ3v) is 3.88. The van der Waals surface area contributed by atoms with Gasteiger partial charge in [-0.25, -0.2) is 8.78 Å². The number of anilines is 1. The fourth-order valence-corrected chi connectivity index (χ4v) is 2.75. The van der Waals surface area contributed by atoms with E-state index in [4.69, 9.17) is 0 Å². The average Bonchev–Trinajstić information content (AvgIpc) is 2.43. The Hall–Kier alpha value is -1.53. The van der Waals surface area contributed by atoms with Gasteiger partial charge in [0.1, 0.15) is 17.3 Å². The van der Waals surface area contributed by atoms with Crippen molar-refractivity contribution in [3.8, 4) is 0 Å². The van der Waals surface area contributed by atoms with Crippen LogP contribution < -0.4 is 5.32 Å². The smallest absolute Gasteiger partial charge is 0.238 e. The van der Waals surface area contributed by atoms with E-state index in [9.17, 15) is 18.7 Å². The van der Waals surface area contributed by atoms with E-state index < -0.39 is 29.3 Å². The molecule has 2 unspecified atom stereocenters. The van der Waals surface area contributed by atoms with E-state index in [2.05, 4.69) is 5.32 Å². The molecule has 21 heavy (non-hydrogen) atoms. The Bertz CT molecular complexity index is 490. The van der Waals surface area contributed by atoms with Crippen LogP contribution in [0.1, 0.15) is 25.7 Å². The highest BCUT2D eigenvalue weighted by Gasteiger charge is 2.27. The number of para-hydroxylation sites is 1. The maximum absolute atomic E-state index is 13.5. The minimum Gasteiger partial charge on any atom is -0.391 e. The predicted molar refractivity (Wildman–Crippen MR) is 75.9 cm³/mol. The predicted octanol–water partition coefficient (Wildman–Crippen LogP) is 2.14. The van der Waals surface area contributed by atoms with Crippen molar-refractivity contribution in [1.29, 1.82) is 0 Å². The van der Waals surface area contributed by atoms with Gasteiger partial charge in [0.15, 0.2) is 0 Å². The van der Waals surface area contributed by atoms with Gasteiger partial charge in [-0.3, -0.25) is 9.69 Å². The molecule has 1 saturated carbocycles. The van der Waals surface area contributed by atoms with E-state index in [1.54, 1.807) is 11.9 Å². The van der Waals surface area contributed by atoms with Crippen LogP contribution in [0.3, 0.4) is 0 Å². The first-order valence-corrected chi connectivity index (χ1v) is 7.11. The van der Waals surface area contributed by atoms with E-state index in [0.29, 0.717) is 0 Å². The summed E-state index contributed by atoms with van der Waals surface area (Å²) in [6.07, 6.45) is 3.08. The second-order valence-electron chi connectivity index (χ2n) is 5.48. The lowest BCUT2D eigenvalue weighted by molar-refractivity contribution is -0.118. The van der Waals surface area contributed by atoms with E-state index in [1.807, 2.05) is 0 Å². The van der Waals surface area contributed by atoms with E-state index in [-0.39, 0.29) is 12.6 Å². The molecule has 0 heterocycles. The number of aliphatic hydroxyl groups is 1. The van der Waals surface area contributed by atoms with Crippen molar-refractivity contribution in [3.05, 3.63) is 29.8 Å². The number of benzene rings is 1. The highest BCUT2D eigenvalue weighted by atomic mass is 19.1. The van der Waals surface area contributed by atoms with Crippen molar-refractivity contribution < 1.29 is 18.7 Å². The number of carbonyl (C=O) groups excluding carboxylic acids is 1. The molecule has 1 aromatic carbocycles. The molecule has 2 rings (SSSR count). The van der Waals surface area contributed by atoms with Crippen LogP contribution in [-0.4, -0.2) is 41.7 Å². The third-order valence-electron chi connectivity index (χ3n) is 3.88. The third kappa shape index (κ3) is 3.98. The molecule has 0 saturated heterocycles. The van der Waals surface area contributed by atoms with Gasteiger partial charge in [-0.2, -0.15) is 0 Å². The molecule has 0 radical (unpaired) electrons. The number of aliphatic hydroxyl groups excluding tert-OH is 1. The maximum atomic E-state index is 13.5. The molecule has 0 aromatic heterocycles. The van der Waals surface area contributed by atoms with Crippen molar-refractivity contribution in [2.24, 2.45) is 0 Å². The molecular formula is C15H20F2N2O2. The van der Waals surface area contributed by atoms with Crippen molar-refractivity contribution in [1.82, 2.24) is 4.90 Å². The summed E-state index contributed by atoms with van der Waals surface area (Å²) in [7, 11) is 1.73. The molecule has 1 fully saturated rings. The number of nitrogens with zero attached hydrogens (tertiary/aromatic N) is 1. The lowest BCUT2D eigenvalue weighted by Crippen LogP contribution is -2.46. The second kappa shape index (κ2) is 6.95. The van der Waals surface area contributed by atoms with E-state index >= 15 is 0 Å². The summed E-state index contributed by atoms with van der Waals surface area (Å²) >= 11 is 0. The van der Waals surface area contributed by atoms with Crippen molar-refractivity contribution in [2.45, 2.75) is 37.8 Å². The normalized spacial score (nSPS) is 22.3. The summed E-state index contributed by atoms with van der Waals surface area (Å²) < 4.78 is 26.9. The summed E-state index contributed by atoms with van der Waals surface area (Å²) in [4.78, 5) is 13.6. The SMILES string of the molecule is CN(CC(=O)Nc1c(F)cccc1F)C1CCCCC1O. The topological polar surface area (TPSA) is 52.6 Å². The van der Waals surface area contributed by atoms with Gasteiger partial charge in [0.05, 0.1) is 12.6 Å². The molecule has 4 nitrogen and oxygen atoms in total. The van der Waals surface area contributed by atoms with Crippen LogP contribution in [0.5, 0.6) is 0 Å². The monoisotopic (exact) mass is 298 g/mol. The molecule has 2 N–H and O–H groups in total. The molecule has 2 atom stereocenters. The zero-order chi connectivity index (χ0) is 15.4. The Morgan fingerprint density at radius 2 is 1.95 bits per heavy atom. The van der Waals surface area contributed by atoms with Gasteiger partial charge < -0.3 is 10.4 Å². The van der Waals surface area contributed by atoms with Gasteiger partial charge in [-0.1, -0.05) is 18.9 Å². The number of halogens is 2. The van der Waals surface area contributed by atoms with Gasteiger partial charge in [-0.15, -0.1) is 0 Å². The Balaban J connectivity index is 1.95. The number of hydrogen-bond donors (Lipinski definition) is 2. The van der Waals surface area contributed by atoms with Gasteiger partial charge in [0.2, 0.25) is 5.91 Å². The highest BCUT2D eigenvalue weighted by molar-refractivity contribution is 5.92. The first-order valence-electron chi connectivity index (χ1n) is 7.11. The Morgan fingerprint density at radius 3 is 2.57 bits per heavy atom.